The Morgan fingerprint density at radius 1 is 1.29 bits per heavy atom. The Kier molecular flexibility index (Phi) is 7.47. The lowest BCUT2D eigenvalue weighted by molar-refractivity contribution is 0.683. The van der Waals surface area contributed by atoms with E-state index in [1.807, 2.05) is 0 Å². The first-order chi connectivity index (χ1) is 8.36. The molecule has 0 atom stereocenters. The van der Waals surface area contributed by atoms with Gasteiger partial charge in [-0.05, 0) is 24.8 Å². The van der Waals surface area contributed by atoms with Crippen LogP contribution >= 0.6 is 11.3 Å². The molecule has 0 aromatic carbocycles. The minimum atomic E-state index is 0.765. The molecule has 0 saturated heterocycles. The molecule has 0 bridgehead atoms. The minimum absolute atomic E-state index is 0.765. The van der Waals surface area contributed by atoms with Crippen LogP contribution in [0.1, 0.15) is 38.0 Å². The summed E-state index contributed by atoms with van der Waals surface area (Å²) >= 11 is 1.75. The summed E-state index contributed by atoms with van der Waals surface area (Å²) in [4.78, 5) is 5.86. The van der Waals surface area contributed by atoms with Crippen molar-refractivity contribution in [1.29, 1.82) is 0 Å². The average molecular weight is 253 g/mol. The van der Waals surface area contributed by atoms with Crippen LogP contribution in [0.15, 0.2) is 22.5 Å². The zero-order valence-corrected chi connectivity index (χ0v) is 11.6. The number of guanidine groups is 1. The standard InChI is InChI=1S/C13H23N3S/c1-3-5-6-9-15-13(14-4-2)16-11-12-8-7-10-17-12/h7-8,10H,3-6,9,11H2,1-2H3,(H2,14,15,16). The second-order valence-electron chi connectivity index (χ2n) is 3.91. The van der Waals surface area contributed by atoms with Crippen molar-refractivity contribution in [1.82, 2.24) is 10.6 Å². The molecule has 0 unspecified atom stereocenters. The van der Waals surface area contributed by atoms with E-state index in [1.165, 1.54) is 24.1 Å². The highest BCUT2D eigenvalue weighted by atomic mass is 32.1. The van der Waals surface area contributed by atoms with Gasteiger partial charge in [-0.25, -0.2) is 4.99 Å². The van der Waals surface area contributed by atoms with Crippen molar-refractivity contribution in [3.05, 3.63) is 22.4 Å². The SMILES string of the molecule is CCCCCNC(=NCc1cccs1)NCC. The molecule has 4 heteroatoms. The van der Waals surface area contributed by atoms with Crippen LogP contribution in [-0.2, 0) is 6.54 Å². The van der Waals surface area contributed by atoms with E-state index in [1.54, 1.807) is 11.3 Å². The molecule has 3 nitrogen and oxygen atoms in total. The molecule has 0 fully saturated rings. The van der Waals surface area contributed by atoms with Crippen LogP contribution in [-0.4, -0.2) is 19.0 Å². The van der Waals surface area contributed by atoms with Gasteiger partial charge < -0.3 is 10.6 Å². The topological polar surface area (TPSA) is 36.4 Å². The zero-order valence-electron chi connectivity index (χ0n) is 10.8. The lowest BCUT2D eigenvalue weighted by atomic mass is 10.2. The first-order valence-electron chi connectivity index (χ1n) is 6.41. The Balaban J connectivity index is 2.33. The Hall–Kier alpha value is -1.03. The van der Waals surface area contributed by atoms with Crippen molar-refractivity contribution in [3.63, 3.8) is 0 Å². The lowest BCUT2D eigenvalue weighted by Crippen LogP contribution is -2.37. The van der Waals surface area contributed by atoms with Crippen LogP contribution in [0.3, 0.4) is 0 Å². The van der Waals surface area contributed by atoms with E-state index < -0.39 is 0 Å². The van der Waals surface area contributed by atoms with Gasteiger partial charge in [-0.1, -0.05) is 25.8 Å². The molecule has 0 aliphatic rings. The van der Waals surface area contributed by atoms with Crippen molar-refractivity contribution < 1.29 is 0 Å². The summed E-state index contributed by atoms with van der Waals surface area (Å²) in [6, 6.07) is 4.19. The monoisotopic (exact) mass is 253 g/mol. The summed E-state index contributed by atoms with van der Waals surface area (Å²) in [5.74, 6) is 0.928. The van der Waals surface area contributed by atoms with E-state index in [2.05, 4.69) is 47.0 Å². The van der Waals surface area contributed by atoms with Crippen LogP contribution < -0.4 is 10.6 Å². The number of rotatable bonds is 7. The molecule has 1 rings (SSSR count). The van der Waals surface area contributed by atoms with E-state index in [-0.39, 0.29) is 0 Å². The third-order valence-corrected chi connectivity index (χ3v) is 3.25. The Bertz CT molecular complexity index is 306. The maximum Gasteiger partial charge on any atom is 0.191 e. The molecule has 96 valence electrons. The van der Waals surface area contributed by atoms with Gasteiger partial charge in [0.05, 0.1) is 6.54 Å². The second-order valence-corrected chi connectivity index (χ2v) is 4.94. The van der Waals surface area contributed by atoms with Crippen LogP contribution in [0.2, 0.25) is 0 Å². The van der Waals surface area contributed by atoms with E-state index in [9.17, 15) is 0 Å². The van der Waals surface area contributed by atoms with Gasteiger partial charge in [0.25, 0.3) is 0 Å². The van der Waals surface area contributed by atoms with Gasteiger partial charge in [0.1, 0.15) is 0 Å². The van der Waals surface area contributed by atoms with Crippen molar-refractivity contribution in [2.24, 2.45) is 4.99 Å². The van der Waals surface area contributed by atoms with E-state index in [0.717, 1.165) is 25.6 Å². The molecule has 2 N–H and O–H groups in total. The van der Waals surface area contributed by atoms with E-state index in [4.69, 9.17) is 0 Å². The smallest absolute Gasteiger partial charge is 0.191 e. The second kappa shape index (κ2) is 9.05. The van der Waals surface area contributed by atoms with Gasteiger partial charge in [-0.15, -0.1) is 11.3 Å². The molecular weight excluding hydrogens is 230 g/mol. The highest BCUT2D eigenvalue weighted by Gasteiger charge is 1.97. The predicted molar refractivity (Wildman–Crippen MR) is 76.7 cm³/mol. The largest absolute Gasteiger partial charge is 0.357 e. The minimum Gasteiger partial charge on any atom is -0.357 e. The van der Waals surface area contributed by atoms with Gasteiger partial charge in [-0.2, -0.15) is 0 Å². The third kappa shape index (κ3) is 6.31. The Labute approximate surface area is 108 Å². The summed E-state index contributed by atoms with van der Waals surface area (Å²) < 4.78 is 0. The third-order valence-electron chi connectivity index (χ3n) is 2.39. The molecule has 1 aromatic heterocycles. The molecule has 0 radical (unpaired) electrons. The summed E-state index contributed by atoms with van der Waals surface area (Å²) in [6.45, 7) is 6.99. The maximum absolute atomic E-state index is 4.56. The van der Waals surface area contributed by atoms with Crippen molar-refractivity contribution in [2.75, 3.05) is 13.1 Å². The normalized spacial score (nSPS) is 11.5. The van der Waals surface area contributed by atoms with E-state index in [0.29, 0.717) is 0 Å². The number of aliphatic imine (C=N–C) groups is 1. The highest BCUT2D eigenvalue weighted by Crippen LogP contribution is 2.09. The molecule has 1 aromatic rings. The number of thiophene rings is 1. The zero-order chi connectivity index (χ0) is 12.3. The van der Waals surface area contributed by atoms with Gasteiger partial charge >= 0.3 is 0 Å². The summed E-state index contributed by atoms with van der Waals surface area (Å²) in [5, 5.41) is 8.72. The maximum atomic E-state index is 4.56. The van der Waals surface area contributed by atoms with Crippen LogP contribution in [0.5, 0.6) is 0 Å². The highest BCUT2D eigenvalue weighted by molar-refractivity contribution is 7.09. The van der Waals surface area contributed by atoms with Crippen LogP contribution in [0.25, 0.3) is 0 Å². The van der Waals surface area contributed by atoms with Crippen LogP contribution in [0, 0.1) is 0 Å². The van der Waals surface area contributed by atoms with Gasteiger partial charge in [0, 0.05) is 18.0 Å². The van der Waals surface area contributed by atoms with Gasteiger partial charge in [0.15, 0.2) is 5.96 Å². The Morgan fingerprint density at radius 3 is 2.82 bits per heavy atom. The van der Waals surface area contributed by atoms with E-state index >= 15 is 0 Å². The number of hydrogen-bond acceptors (Lipinski definition) is 2. The molecule has 0 saturated carbocycles. The van der Waals surface area contributed by atoms with Gasteiger partial charge in [-0.3, -0.25) is 0 Å². The van der Waals surface area contributed by atoms with Crippen molar-refractivity contribution >= 4 is 17.3 Å². The average Bonchev–Trinajstić information content (AvgIpc) is 2.84. The molecule has 0 amide bonds. The number of nitrogens with zero attached hydrogens (tertiary/aromatic N) is 1. The quantitative estimate of drug-likeness (QED) is 0.445. The summed E-state index contributed by atoms with van der Waals surface area (Å²) in [5.41, 5.74) is 0. The summed E-state index contributed by atoms with van der Waals surface area (Å²) in [7, 11) is 0. The fraction of sp³-hybridized carbons (Fsp3) is 0.615. The number of nitrogens with one attached hydrogen (secondary N) is 2. The van der Waals surface area contributed by atoms with Gasteiger partial charge in [0.2, 0.25) is 0 Å². The lowest BCUT2D eigenvalue weighted by Gasteiger charge is -2.10. The fourth-order valence-electron chi connectivity index (χ4n) is 1.48. The Morgan fingerprint density at radius 2 is 2.18 bits per heavy atom. The predicted octanol–water partition coefficient (Wildman–Crippen LogP) is 2.99. The molecule has 0 aliphatic carbocycles. The first kappa shape index (κ1) is 14.0. The molecule has 0 spiro atoms. The van der Waals surface area contributed by atoms with Crippen molar-refractivity contribution in [2.45, 2.75) is 39.7 Å². The summed E-state index contributed by atoms with van der Waals surface area (Å²) in [6.07, 6.45) is 3.74. The molecule has 1 heterocycles. The molecule has 0 aliphatic heterocycles. The fourth-order valence-corrected chi connectivity index (χ4v) is 2.11. The number of unbranched alkanes of at least 4 members (excludes halogenated alkanes) is 2. The molecular formula is C13H23N3S. The van der Waals surface area contributed by atoms with Crippen molar-refractivity contribution in [3.8, 4) is 0 Å². The molecule has 17 heavy (non-hydrogen) atoms. The number of hydrogen-bond donors (Lipinski definition) is 2. The van der Waals surface area contributed by atoms with Crippen LogP contribution in [0.4, 0.5) is 0 Å². The first-order valence-corrected chi connectivity index (χ1v) is 7.29.